The first-order chi connectivity index (χ1) is 14.7. The van der Waals surface area contributed by atoms with Gasteiger partial charge in [-0.05, 0) is 38.7 Å². The van der Waals surface area contributed by atoms with E-state index in [0.29, 0.717) is 36.2 Å². The van der Waals surface area contributed by atoms with Crippen LogP contribution < -0.4 is 0 Å². The molecule has 174 valence electrons. The van der Waals surface area contributed by atoms with Gasteiger partial charge >= 0.3 is 5.97 Å². The lowest BCUT2D eigenvalue weighted by Crippen LogP contribution is -2.47. The molecule has 3 unspecified atom stereocenters. The molecule has 0 aromatic heterocycles. The minimum Gasteiger partial charge on any atom is -0.466 e. The summed E-state index contributed by atoms with van der Waals surface area (Å²) in [4.78, 5) is 23.9. The molecular formula is C26H40O4S. The fourth-order valence-electron chi connectivity index (χ4n) is 4.26. The normalized spacial score (nSPS) is 21.1. The number of ketones is 1. The largest absolute Gasteiger partial charge is 0.466 e. The van der Waals surface area contributed by atoms with Gasteiger partial charge in [-0.1, -0.05) is 63.4 Å². The molecule has 1 aromatic carbocycles. The molecule has 3 atom stereocenters. The third-order valence-corrected chi connectivity index (χ3v) is 8.63. The van der Waals surface area contributed by atoms with Crippen molar-refractivity contribution < 1.29 is 19.4 Å². The molecule has 1 saturated carbocycles. The Morgan fingerprint density at radius 3 is 2.48 bits per heavy atom. The van der Waals surface area contributed by atoms with Gasteiger partial charge < -0.3 is 9.84 Å². The van der Waals surface area contributed by atoms with Crippen LogP contribution in [-0.2, 0) is 19.7 Å². The van der Waals surface area contributed by atoms with Crippen molar-refractivity contribution in [2.75, 3.05) is 12.4 Å². The van der Waals surface area contributed by atoms with E-state index in [-0.39, 0.29) is 17.3 Å². The molecule has 0 aliphatic heterocycles. The first-order valence-electron chi connectivity index (χ1n) is 11.8. The number of rotatable bonds is 13. The quantitative estimate of drug-likeness (QED) is 0.310. The number of aliphatic hydroxyl groups is 1. The average Bonchev–Trinajstić information content (AvgIpc) is 3.09. The van der Waals surface area contributed by atoms with Crippen LogP contribution in [0.1, 0.15) is 84.6 Å². The smallest absolute Gasteiger partial charge is 0.305 e. The van der Waals surface area contributed by atoms with Gasteiger partial charge in [0.15, 0.2) is 0 Å². The number of hydrogen-bond acceptors (Lipinski definition) is 5. The maximum Gasteiger partial charge on any atom is 0.305 e. The Labute approximate surface area is 192 Å². The van der Waals surface area contributed by atoms with Crippen molar-refractivity contribution in [3.63, 3.8) is 0 Å². The van der Waals surface area contributed by atoms with E-state index in [4.69, 9.17) is 4.74 Å². The van der Waals surface area contributed by atoms with Crippen LogP contribution in [0.5, 0.6) is 0 Å². The van der Waals surface area contributed by atoms with Crippen molar-refractivity contribution in [3.05, 3.63) is 35.9 Å². The standard InChI is InChI=1S/C26H40O4S/c1-5-30-24(28)16-12-7-6-11-15-21-22(27)17-18-23(21)31-19-26(4,29)25(2,3)20-13-9-8-10-14-20/h8-10,13-14,21,23,29H,5-7,11-12,15-19H2,1-4H3. The van der Waals surface area contributed by atoms with Crippen molar-refractivity contribution in [3.8, 4) is 0 Å². The summed E-state index contributed by atoms with van der Waals surface area (Å²) in [5, 5.41) is 11.6. The van der Waals surface area contributed by atoms with E-state index >= 15 is 0 Å². The Morgan fingerprint density at radius 1 is 1.13 bits per heavy atom. The number of ether oxygens (including phenoxy) is 1. The molecule has 0 bridgehead atoms. The monoisotopic (exact) mass is 448 g/mol. The van der Waals surface area contributed by atoms with Gasteiger partial charge in [0.2, 0.25) is 0 Å². The van der Waals surface area contributed by atoms with E-state index in [2.05, 4.69) is 26.0 Å². The molecule has 1 fully saturated rings. The summed E-state index contributed by atoms with van der Waals surface area (Å²) in [6.07, 6.45) is 6.89. The first kappa shape index (κ1) is 25.9. The number of thioether (sulfide) groups is 1. The topological polar surface area (TPSA) is 63.6 Å². The van der Waals surface area contributed by atoms with Crippen molar-refractivity contribution in [1.29, 1.82) is 0 Å². The van der Waals surface area contributed by atoms with E-state index in [1.165, 1.54) is 0 Å². The molecule has 5 heteroatoms. The third kappa shape index (κ3) is 7.35. The Bertz CT molecular complexity index is 699. The summed E-state index contributed by atoms with van der Waals surface area (Å²) in [6.45, 7) is 8.37. The van der Waals surface area contributed by atoms with Crippen molar-refractivity contribution in [2.45, 2.75) is 95.3 Å². The number of esters is 1. The summed E-state index contributed by atoms with van der Waals surface area (Å²) in [5.74, 6) is 0.982. The number of carbonyl (C=O) groups is 2. The van der Waals surface area contributed by atoms with Crippen molar-refractivity contribution in [1.82, 2.24) is 0 Å². The fourth-order valence-corrected chi connectivity index (χ4v) is 5.96. The SMILES string of the molecule is CCOC(=O)CCCCCCC1C(=O)CCC1SCC(C)(O)C(C)(C)c1ccccc1. The van der Waals surface area contributed by atoms with Crippen molar-refractivity contribution in [2.24, 2.45) is 5.92 Å². The van der Waals surface area contributed by atoms with E-state index in [1.54, 1.807) is 11.8 Å². The predicted octanol–water partition coefficient (Wildman–Crippen LogP) is 5.70. The molecule has 0 spiro atoms. The highest BCUT2D eigenvalue weighted by atomic mass is 32.2. The van der Waals surface area contributed by atoms with Crippen LogP contribution in [0.15, 0.2) is 30.3 Å². The van der Waals surface area contributed by atoms with Gasteiger partial charge in [0.25, 0.3) is 0 Å². The molecule has 31 heavy (non-hydrogen) atoms. The van der Waals surface area contributed by atoms with Crippen LogP contribution >= 0.6 is 11.8 Å². The molecule has 1 aromatic rings. The van der Waals surface area contributed by atoms with E-state index in [0.717, 1.165) is 44.1 Å². The first-order valence-corrected chi connectivity index (χ1v) is 12.8. The zero-order valence-corrected chi connectivity index (χ0v) is 20.5. The van der Waals surface area contributed by atoms with Gasteiger partial charge in [-0.2, -0.15) is 11.8 Å². The third-order valence-electron chi connectivity index (χ3n) is 6.91. The Morgan fingerprint density at radius 2 is 1.81 bits per heavy atom. The Kier molecular flexibility index (Phi) is 10.1. The second kappa shape index (κ2) is 12.1. The van der Waals surface area contributed by atoms with E-state index in [9.17, 15) is 14.7 Å². The molecule has 0 amide bonds. The predicted molar refractivity (Wildman–Crippen MR) is 128 cm³/mol. The highest BCUT2D eigenvalue weighted by Crippen LogP contribution is 2.42. The summed E-state index contributed by atoms with van der Waals surface area (Å²) < 4.78 is 4.96. The summed E-state index contributed by atoms with van der Waals surface area (Å²) >= 11 is 1.77. The van der Waals surface area contributed by atoms with Crippen LogP contribution in [0.4, 0.5) is 0 Å². The van der Waals surface area contributed by atoms with Crippen LogP contribution in [0.3, 0.4) is 0 Å². The number of Topliss-reactive ketones (excluding diaryl/α,β-unsaturated/α-hetero) is 1. The number of carbonyl (C=O) groups excluding carboxylic acids is 2. The van der Waals surface area contributed by atoms with Crippen LogP contribution in [-0.4, -0.2) is 40.1 Å². The molecule has 4 nitrogen and oxygen atoms in total. The highest BCUT2D eigenvalue weighted by molar-refractivity contribution is 8.00. The van der Waals surface area contributed by atoms with Crippen LogP contribution in [0.25, 0.3) is 0 Å². The van der Waals surface area contributed by atoms with Crippen molar-refractivity contribution >= 4 is 23.5 Å². The highest BCUT2D eigenvalue weighted by Gasteiger charge is 2.42. The summed E-state index contributed by atoms with van der Waals surface area (Å²) in [6, 6.07) is 10.2. The maximum atomic E-state index is 12.5. The lowest BCUT2D eigenvalue weighted by Gasteiger charge is -2.41. The molecule has 1 N–H and O–H groups in total. The second-order valence-electron chi connectivity index (χ2n) is 9.48. The lowest BCUT2D eigenvalue weighted by molar-refractivity contribution is -0.143. The number of benzene rings is 1. The summed E-state index contributed by atoms with van der Waals surface area (Å²) in [7, 11) is 0. The van der Waals surface area contributed by atoms with Gasteiger partial charge in [-0.3, -0.25) is 9.59 Å². The molecular weight excluding hydrogens is 408 g/mol. The van der Waals surface area contributed by atoms with E-state index < -0.39 is 5.60 Å². The zero-order chi connectivity index (χ0) is 22.9. The van der Waals surface area contributed by atoms with Gasteiger partial charge in [-0.15, -0.1) is 0 Å². The molecule has 0 saturated heterocycles. The lowest BCUT2D eigenvalue weighted by atomic mass is 9.72. The minimum absolute atomic E-state index is 0.102. The molecule has 2 rings (SSSR count). The van der Waals surface area contributed by atoms with Gasteiger partial charge in [-0.25, -0.2) is 0 Å². The van der Waals surface area contributed by atoms with E-state index in [1.807, 2.05) is 32.0 Å². The summed E-state index contributed by atoms with van der Waals surface area (Å²) in [5.41, 5.74) is -0.122. The Balaban J connectivity index is 1.80. The van der Waals surface area contributed by atoms with Gasteiger partial charge in [0, 0.05) is 35.2 Å². The zero-order valence-electron chi connectivity index (χ0n) is 19.7. The van der Waals surface area contributed by atoms with Gasteiger partial charge in [0.05, 0.1) is 12.2 Å². The number of unbranched alkanes of at least 4 members (excludes halogenated alkanes) is 3. The average molecular weight is 449 g/mol. The number of hydrogen-bond donors (Lipinski definition) is 1. The maximum absolute atomic E-state index is 12.5. The van der Waals surface area contributed by atoms with Crippen LogP contribution in [0, 0.1) is 5.92 Å². The molecule has 1 aliphatic rings. The minimum atomic E-state index is -0.873. The molecule has 1 aliphatic carbocycles. The molecule has 0 radical (unpaired) electrons. The molecule has 0 heterocycles. The fraction of sp³-hybridized carbons (Fsp3) is 0.692. The van der Waals surface area contributed by atoms with Gasteiger partial charge in [0.1, 0.15) is 5.78 Å². The van der Waals surface area contributed by atoms with Crippen LogP contribution in [0.2, 0.25) is 0 Å². The Hall–Kier alpha value is -1.33. The second-order valence-corrected chi connectivity index (χ2v) is 10.7.